The van der Waals surface area contributed by atoms with E-state index in [2.05, 4.69) is 20.4 Å². The minimum atomic E-state index is -0.353. The van der Waals surface area contributed by atoms with Crippen LogP contribution in [0.4, 0.5) is 20.9 Å². The fraction of sp³-hybridized carbons (Fsp3) is 0.250. The SMILES string of the molecule is O=C(CSc1nnc(Nc2ccccc2F)s1)N1CCN(c2cccc(Cl)c2)CC1. The van der Waals surface area contributed by atoms with Crippen LogP contribution in [0.25, 0.3) is 0 Å². The van der Waals surface area contributed by atoms with Crippen molar-refractivity contribution in [3.8, 4) is 0 Å². The van der Waals surface area contributed by atoms with E-state index in [0.717, 1.165) is 18.8 Å². The first-order valence-corrected chi connectivity index (χ1v) is 11.5. The Bertz CT molecular complexity index is 1030. The molecule has 1 N–H and O–H groups in total. The number of carbonyl (C=O) groups is 1. The summed E-state index contributed by atoms with van der Waals surface area (Å²) in [6, 6.07) is 14.1. The van der Waals surface area contributed by atoms with Crippen LogP contribution in [0.3, 0.4) is 0 Å². The molecular formula is C20H19ClFN5OS2. The average molecular weight is 464 g/mol. The monoisotopic (exact) mass is 463 g/mol. The molecule has 0 bridgehead atoms. The van der Waals surface area contributed by atoms with E-state index in [1.165, 1.54) is 29.2 Å². The first kappa shape index (κ1) is 20.9. The normalized spacial score (nSPS) is 14.1. The highest BCUT2D eigenvalue weighted by Crippen LogP contribution is 2.29. The largest absolute Gasteiger partial charge is 0.368 e. The molecule has 2 aromatic carbocycles. The number of nitrogens with one attached hydrogen (secondary N) is 1. The second-order valence-electron chi connectivity index (χ2n) is 6.61. The van der Waals surface area contributed by atoms with Crippen molar-refractivity contribution in [1.29, 1.82) is 0 Å². The van der Waals surface area contributed by atoms with E-state index in [9.17, 15) is 9.18 Å². The number of amides is 1. The molecule has 3 aromatic rings. The van der Waals surface area contributed by atoms with Gasteiger partial charge in [0.1, 0.15) is 5.82 Å². The highest BCUT2D eigenvalue weighted by molar-refractivity contribution is 8.01. The molecule has 1 aliphatic rings. The summed E-state index contributed by atoms with van der Waals surface area (Å²) in [7, 11) is 0. The molecule has 1 fully saturated rings. The van der Waals surface area contributed by atoms with E-state index in [4.69, 9.17) is 11.6 Å². The lowest BCUT2D eigenvalue weighted by atomic mass is 10.2. The summed E-state index contributed by atoms with van der Waals surface area (Å²) in [6.45, 7) is 2.88. The van der Waals surface area contributed by atoms with Gasteiger partial charge in [-0.15, -0.1) is 10.2 Å². The smallest absolute Gasteiger partial charge is 0.233 e. The first-order chi connectivity index (χ1) is 14.6. The van der Waals surface area contributed by atoms with Gasteiger partial charge in [-0.1, -0.05) is 52.9 Å². The lowest BCUT2D eigenvalue weighted by molar-refractivity contribution is -0.128. The Labute approximate surface area is 187 Å². The van der Waals surface area contributed by atoms with Crippen molar-refractivity contribution in [1.82, 2.24) is 15.1 Å². The topological polar surface area (TPSA) is 61.4 Å². The fourth-order valence-corrected chi connectivity index (χ4v) is 4.95. The molecule has 1 aromatic heterocycles. The van der Waals surface area contributed by atoms with Crippen LogP contribution in [0.2, 0.25) is 5.02 Å². The molecule has 4 rings (SSSR count). The van der Waals surface area contributed by atoms with E-state index >= 15 is 0 Å². The quantitative estimate of drug-likeness (QED) is 0.542. The van der Waals surface area contributed by atoms with Gasteiger partial charge in [0.2, 0.25) is 11.0 Å². The highest BCUT2D eigenvalue weighted by Gasteiger charge is 2.22. The van der Waals surface area contributed by atoms with Crippen molar-refractivity contribution in [2.24, 2.45) is 0 Å². The second-order valence-corrected chi connectivity index (χ2v) is 9.25. The predicted molar refractivity (Wildman–Crippen MR) is 121 cm³/mol. The molecule has 6 nitrogen and oxygen atoms in total. The summed E-state index contributed by atoms with van der Waals surface area (Å²) in [5.74, 6) is 0.0180. The second kappa shape index (κ2) is 9.63. The zero-order valence-electron chi connectivity index (χ0n) is 15.9. The van der Waals surface area contributed by atoms with Gasteiger partial charge < -0.3 is 15.1 Å². The summed E-state index contributed by atoms with van der Waals surface area (Å²) in [4.78, 5) is 16.7. The third-order valence-electron chi connectivity index (χ3n) is 4.65. The number of carbonyl (C=O) groups excluding carboxylic acids is 1. The molecule has 1 saturated heterocycles. The molecule has 156 valence electrons. The van der Waals surface area contributed by atoms with E-state index in [1.807, 2.05) is 29.2 Å². The molecule has 0 atom stereocenters. The number of para-hydroxylation sites is 1. The number of nitrogens with zero attached hydrogens (tertiary/aromatic N) is 4. The van der Waals surface area contributed by atoms with E-state index in [1.54, 1.807) is 18.2 Å². The molecule has 0 aliphatic carbocycles. The van der Waals surface area contributed by atoms with Gasteiger partial charge in [0.15, 0.2) is 4.34 Å². The van der Waals surface area contributed by atoms with Gasteiger partial charge in [0, 0.05) is 36.9 Å². The van der Waals surface area contributed by atoms with Gasteiger partial charge in [0.05, 0.1) is 11.4 Å². The van der Waals surface area contributed by atoms with Crippen LogP contribution in [0.5, 0.6) is 0 Å². The van der Waals surface area contributed by atoms with Crippen molar-refractivity contribution in [3.05, 3.63) is 59.4 Å². The van der Waals surface area contributed by atoms with Crippen molar-refractivity contribution in [2.45, 2.75) is 4.34 Å². The van der Waals surface area contributed by atoms with Crippen molar-refractivity contribution in [2.75, 3.05) is 42.1 Å². The zero-order chi connectivity index (χ0) is 20.9. The molecule has 0 radical (unpaired) electrons. The standard InChI is InChI=1S/C20H19ClFN5OS2/c21-14-4-3-5-15(12-14)26-8-10-27(11-9-26)18(28)13-29-20-25-24-19(30-20)23-17-7-2-1-6-16(17)22/h1-7,12H,8-11,13H2,(H,23,24). The molecule has 0 saturated carbocycles. The number of piperazine rings is 1. The number of halogens is 2. The van der Waals surface area contributed by atoms with Crippen LogP contribution in [0, 0.1) is 5.82 Å². The van der Waals surface area contributed by atoms with Gasteiger partial charge >= 0.3 is 0 Å². The Morgan fingerprint density at radius 3 is 2.70 bits per heavy atom. The molecule has 1 aliphatic heterocycles. The molecule has 2 heterocycles. The lowest BCUT2D eigenvalue weighted by Gasteiger charge is -2.36. The molecule has 10 heteroatoms. The Hall–Kier alpha value is -2.36. The van der Waals surface area contributed by atoms with Crippen LogP contribution in [-0.4, -0.2) is 52.9 Å². The van der Waals surface area contributed by atoms with Gasteiger partial charge in [-0.25, -0.2) is 4.39 Å². The lowest BCUT2D eigenvalue weighted by Crippen LogP contribution is -2.49. The summed E-state index contributed by atoms with van der Waals surface area (Å²) < 4.78 is 14.4. The first-order valence-electron chi connectivity index (χ1n) is 9.34. The summed E-state index contributed by atoms with van der Waals surface area (Å²) in [6.07, 6.45) is 0. The number of hydrogen-bond acceptors (Lipinski definition) is 7. The summed E-state index contributed by atoms with van der Waals surface area (Å²) in [5, 5.41) is 12.2. The number of benzene rings is 2. The van der Waals surface area contributed by atoms with E-state index in [-0.39, 0.29) is 11.7 Å². The summed E-state index contributed by atoms with van der Waals surface area (Å²) >= 11 is 8.71. The van der Waals surface area contributed by atoms with Gasteiger partial charge in [-0.3, -0.25) is 4.79 Å². The van der Waals surface area contributed by atoms with Crippen LogP contribution in [-0.2, 0) is 4.79 Å². The Morgan fingerprint density at radius 1 is 1.13 bits per heavy atom. The minimum absolute atomic E-state index is 0.0737. The maximum atomic E-state index is 13.7. The Kier molecular flexibility index (Phi) is 6.71. The number of aromatic nitrogens is 2. The van der Waals surface area contributed by atoms with Gasteiger partial charge in [0.25, 0.3) is 0 Å². The highest BCUT2D eigenvalue weighted by atomic mass is 35.5. The van der Waals surface area contributed by atoms with Crippen LogP contribution < -0.4 is 10.2 Å². The predicted octanol–water partition coefficient (Wildman–Crippen LogP) is 4.52. The van der Waals surface area contributed by atoms with Crippen LogP contribution in [0.15, 0.2) is 52.9 Å². The summed E-state index contributed by atoms with van der Waals surface area (Å²) in [5.41, 5.74) is 1.42. The van der Waals surface area contributed by atoms with Gasteiger partial charge in [-0.05, 0) is 30.3 Å². The molecule has 1 amide bonds. The Balaban J connectivity index is 1.25. The molecule has 30 heavy (non-hydrogen) atoms. The number of thioether (sulfide) groups is 1. The Morgan fingerprint density at radius 2 is 1.93 bits per heavy atom. The van der Waals surface area contributed by atoms with E-state index in [0.29, 0.717) is 39.0 Å². The van der Waals surface area contributed by atoms with Gasteiger partial charge in [-0.2, -0.15) is 0 Å². The third-order valence-corrected chi connectivity index (χ3v) is 6.84. The van der Waals surface area contributed by atoms with Crippen LogP contribution >= 0.6 is 34.7 Å². The van der Waals surface area contributed by atoms with Crippen molar-refractivity contribution in [3.63, 3.8) is 0 Å². The maximum Gasteiger partial charge on any atom is 0.233 e. The van der Waals surface area contributed by atoms with E-state index < -0.39 is 0 Å². The maximum absolute atomic E-state index is 13.7. The number of rotatable bonds is 6. The van der Waals surface area contributed by atoms with Crippen molar-refractivity contribution >= 4 is 57.1 Å². The average Bonchev–Trinajstić information content (AvgIpc) is 3.21. The third kappa shape index (κ3) is 5.21. The number of anilines is 3. The molecular weight excluding hydrogens is 445 g/mol. The molecule has 0 spiro atoms. The van der Waals surface area contributed by atoms with Crippen molar-refractivity contribution < 1.29 is 9.18 Å². The minimum Gasteiger partial charge on any atom is -0.368 e. The van der Waals surface area contributed by atoms with Crippen LogP contribution in [0.1, 0.15) is 0 Å². The molecule has 0 unspecified atom stereocenters. The number of hydrogen-bond donors (Lipinski definition) is 1. The fourth-order valence-electron chi connectivity index (χ4n) is 3.10. The zero-order valence-corrected chi connectivity index (χ0v) is 18.3.